The molecule has 66 valence electrons. The third-order valence-corrected chi connectivity index (χ3v) is 1.66. The van der Waals surface area contributed by atoms with Crippen molar-refractivity contribution in [1.29, 1.82) is 0 Å². The lowest BCUT2D eigenvalue weighted by molar-refractivity contribution is 0.0764. The molecule has 1 aromatic heterocycles. The summed E-state index contributed by atoms with van der Waals surface area (Å²) in [7, 11) is 0. The van der Waals surface area contributed by atoms with Gasteiger partial charge in [-0.1, -0.05) is 0 Å². The largest absolute Gasteiger partial charge is 0.391 e. The summed E-state index contributed by atoms with van der Waals surface area (Å²) < 4.78 is 1.36. The molecule has 0 aliphatic rings. The van der Waals surface area contributed by atoms with Crippen LogP contribution in [0.15, 0.2) is 24.5 Å². The molecule has 1 rings (SSSR count). The van der Waals surface area contributed by atoms with Crippen LogP contribution in [0.2, 0.25) is 0 Å². The average Bonchev–Trinajstić information content (AvgIpc) is 2.53. The highest BCUT2D eigenvalue weighted by Gasteiger charge is 2.19. The summed E-state index contributed by atoms with van der Waals surface area (Å²) in [5, 5.41) is 9.03. The normalized spacial score (nSPS) is 15.6. The van der Waals surface area contributed by atoms with Gasteiger partial charge in [0.15, 0.2) is 0 Å². The van der Waals surface area contributed by atoms with Crippen molar-refractivity contribution < 1.29 is 9.90 Å². The van der Waals surface area contributed by atoms with Crippen LogP contribution in [0.25, 0.3) is 0 Å². The van der Waals surface area contributed by atoms with Gasteiger partial charge in [0.25, 0.3) is 0 Å². The zero-order valence-corrected chi connectivity index (χ0v) is 6.84. The molecule has 0 aromatic carbocycles. The van der Waals surface area contributed by atoms with Crippen molar-refractivity contribution in [2.75, 3.05) is 0 Å². The molecular formula is C8H12N2O2. The Balaban J connectivity index is 2.72. The smallest absolute Gasteiger partial charge is 0.250 e. The van der Waals surface area contributed by atoms with Gasteiger partial charge >= 0.3 is 0 Å². The number of nitrogens with two attached hydrogens (primary N) is 1. The Labute approximate surface area is 70.6 Å². The molecular weight excluding hydrogens is 156 g/mol. The summed E-state index contributed by atoms with van der Waals surface area (Å²) in [6.07, 6.45) is 2.38. The fraction of sp³-hybridized carbons (Fsp3) is 0.375. The van der Waals surface area contributed by atoms with E-state index in [0.29, 0.717) is 0 Å². The van der Waals surface area contributed by atoms with Crippen LogP contribution < -0.4 is 5.73 Å². The van der Waals surface area contributed by atoms with Gasteiger partial charge in [0.2, 0.25) is 5.91 Å². The summed E-state index contributed by atoms with van der Waals surface area (Å²) in [4.78, 5) is 11.3. The van der Waals surface area contributed by atoms with Gasteiger partial charge in [-0.2, -0.15) is 0 Å². The molecule has 0 saturated heterocycles. The van der Waals surface area contributed by atoms with Crippen molar-refractivity contribution in [2.24, 2.45) is 5.73 Å². The quantitative estimate of drug-likeness (QED) is 0.644. The topological polar surface area (TPSA) is 68.2 Å². The number of aliphatic hydroxyl groups excluding tert-OH is 1. The fourth-order valence-electron chi connectivity index (χ4n) is 0.860. The first-order chi connectivity index (χ1) is 5.63. The van der Waals surface area contributed by atoms with Crippen molar-refractivity contribution in [3.8, 4) is 0 Å². The highest BCUT2D eigenvalue weighted by Crippen LogP contribution is 1.96. The van der Waals surface area contributed by atoms with Gasteiger partial charge in [0.1, 0.15) is 6.04 Å². The van der Waals surface area contributed by atoms with E-state index in [4.69, 9.17) is 10.8 Å². The monoisotopic (exact) mass is 168 g/mol. The van der Waals surface area contributed by atoms with E-state index in [-0.39, 0.29) is 5.91 Å². The lowest BCUT2D eigenvalue weighted by Crippen LogP contribution is -2.42. The third kappa shape index (κ3) is 1.72. The van der Waals surface area contributed by atoms with Crippen LogP contribution in [0.3, 0.4) is 0 Å². The molecule has 0 saturated carbocycles. The Morgan fingerprint density at radius 3 is 2.42 bits per heavy atom. The molecule has 0 aliphatic carbocycles. The molecule has 1 aromatic rings. The van der Waals surface area contributed by atoms with Crippen molar-refractivity contribution in [3.63, 3.8) is 0 Å². The maximum Gasteiger partial charge on any atom is 0.250 e. The maximum atomic E-state index is 11.3. The van der Waals surface area contributed by atoms with E-state index in [1.54, 1.807) is 24.5 Å². The van der Waals surface area contributed by atoms with E-state index >= 15 is 0 Å². The minimum absolute atomic E-state index is 0.296. The molecule has 1 heterocycles. The second-order valence-electron chi connectivity index (χ2n) is 2.69. The van der Waals surface area contributed by atoms with E-state index in [0.717, 1.165) is 0 Å². The van der Waals surface area contributed by atoms with Crippen LogP contribution in [0.4, 0.5) is 0 Å². The molecule has 0 unspecified atom stereocenters. The van der Waals surface area contributed by atoms with E-state index in [1.165, 1.54) is 11.5 Å². The molecule has 12 heavy (non-hydrogen) atoms. The standard InChI is InChI=1S/C8H12N2O2/c1-6(11)7(9)8(12)10-4-2-3-5-10/h2-7,11H,9H2,1H3/t6-,7+/m1/s1. The first kappa shape index (κ1) is 8.96. The van der Waals surface area contributed by atoms with E-state index in [9.17, 15) is 4.79 Å². The Hall–Kier alpha value is -1.13. The van der Waals surface area contributed by atoms with Crippen LogP contribution in [0.5, 0.6) is 0 Å². The first-order valence-electron chi connectivity index (χ1n) is 3.74. The SMILES string of the molecule is C[C@@H](O)[C@H](N)C(=O)n1cccc1. The molecule has 2 atom stereocenters. The predicted molar refractivity (Wildman–Crippen MR) is 44.7 cm³/mol. The minimum Gasteiger partial charge on any atom is -0.391 e. The molecule has 0 aliphatic heterocycles. The van der Waals surface area contributed by atoms with Gasteiger partial charge in [0.05, 0.1) is 6.10 Å². The average molecular weight is 168 g/mol. The van der Waals surface area contributed by atoms with Crippen molar-refractivity contribution in [3.05, 3.63) is 24.5 Å². The van der Waals surface area contributed by atoms with Crippen molar-refractivity contribution in [2.45, 2.75) is 19.1 Å². The number of hydrogen-bond acceptors (Lipinski definition) is 3. The molecule has 0 bridgehead atoms. The molecule has 0 radical (unpaired) electrons. The first-order valence-corrected chi connectivity index (χ1v) is 3.74. The lowest BCUT2D eigenvalue weighted by Gasteiger charge is -2.13. The van der Waals surface area contributed by atoms with Gasteiger partial charge in [-0.15, -0.1) is 0 Å². The van der Waals surface area contributed by atoms with E-state index < -0.39 is 12.1 Å². The number of hydrogen-bond donors (Lipinski definition) is 2. The zero-order chi connectivity index (χ0) is 9.14. The number of carbonyl (C=O) groups is 1. The Bertz CT molecular complexity index is 254. The van der Waals surface area contributed by atoms with Crippen LogP contribution in [-0.4, -0.2) is 27.7 Å². The number of aromatic nitrogens is 1. The van der Waals surface area contributed by atoms with Gasteiger partial charge < -0.3 is 10.8 Å². The second-order valence-corrected chi connectivity index (χ2v) is 2.69. The number of nitrogens with zero attached hydrogens (tertiary/aromatic N) is 1. The Kier molecular flexibility index (Phi) is 2.62. The summed E-state index contributed by atoms with van der Waals surface area (Å²) in [6.45, 7) is 1.49. The summed E-state index contributed by atoms with van der Waals surface area (Å²) >= 11 is 0. The molecule has 4 heteroatoms. The minimum atomic E-state index is -0.850. The number of carbonyl (C=O) groups excluding carboxylic acids is 1. The Morgan fingerprint density at radius 2 is 2.00 bits per heavy atom. The second kappa shape index (κ2) is 3.51. The van der Waals surface area contributed by atoms with Gasteiger partial charge in [0, 0.05) is 12.4 Å². The van der Waals surface area contributed by atoms with E-state index in [2.05, 4.69) is 0 Å². The predicted octanol–water partition coefficient (Wildman–Crippen LogP) is -0.164. The summed E-state index contributed by atoms with van der Waals surface area (Å²) in [5.74, 6) is -0.296. The zero-order valence-electron chi connectivity index (χ0n) is 6.84. The highest BCUT2D eigenvalue weighted by molar-refractivity contribution is 5.84. The molecule has 0 spiro atoms. The lowest BCUT2D eigenvalue weighted by atomic mass is 10.2. The summed E-state index contributed by atoms with van der Waals surface area (Å²) in [5.41, 5.74) is 5.43. The number of aliphatic hydroxyl groups is 1. The third-order valence-electron chi connectivity index (χ3n) is 1.66. The molecule has 0 fully saturated rings. The highest BCUT2D eigenvalue weighted by atomic mass is 16.3. The van der Waals surface area contributed by atoms with Gasteiger partial charge in [-0.3, -0.25) is 9.36 Å². The van der Waals surface area contributed by atoms with Crippen LogP contribution in [0.1, 0.15) is 11.7 Å². The van der Waals surface area contributed by atoms with Crippen molar-refractivity contribution >= 4 is 5.91 Å². The van der Waals surface area contributed by atoms with Gasteiger partial charge in [-0.05, 0) is 19.1 Å². The summed E-state index contributed by atoms with van der Waals surface area (Å²) in [6, 6.07) is 2.61. The fourth-order valence-corrected chi connectivity index (χ4v) is 0.860. The molecule has 4 nitrogen and oxygen atoms in total. The Morgan fingerprint density at radius 1 is 1.50 bits per heavy atom. The van der Waals surface area contributed by atoms with Crippen molar-refractivity contribution in [1.82, 2.24) is 4.57 Å². The molecule has 0 amide bonds. The number of rotatable bonds is 2. The van der Waals surface area contributed by atoms with Crippen LogP contribution >= 0.6 is 0 Å². The maximum absolute atomic E-state index is 11.3. The molecule has 3 N–H and O–H groups in total. The van der Waals surface area contributed by atoms with Crippen LogP contribution in [-0.2, 0) is 0 Å². The van der Waals surface area contributed by atoms with Crippen LogP contribution in [0, 0.1) is 0 Å². The van der Waals surface area contributed by atoms with E-state index in [1.807, 2.05) is 0 Å². The van der Waals surface area contributed by atoms with Gasteiger partial charge in [-0.25, -0.2) is 0 Å².